The van der Waals surface area contributed by atoms with Crippen molar-refractivity contribution in [2.45, 2.75) is 34.7 Å². The molecular weight excluding hydrogens is 467 g/mol. The smallest absolute Gasteiger partial charge is 0.372 e. The number of benzene rings is 2. The summed E-state index contributed by atoms with van der Waals surface area (Å²) in [7, 11) is 0. The van der Waals surface area contributed by atoms with Gasteiger partial charge >= 0.3 is 17.4 Å². The maximum Gasteiger partial charge on any atom is 0.460 e. The summed E-state index contributed by atoms with van der Waals surface area (Å²) in [6.07, 6.45) is -6.80. The van der Waals surface area contributed by atoms with E-state index in [0.717, 1.165) is 18.2 Å². The van der Waals surface area contributed by atoms with Gasteiger partial charge in [0.05, 0.1) is 17.8 Å². The number of thioether (sulfide) groups is 1. The third-order valence-corrected chi connectivity index (χ3v) is 5.31. The number of alkyl halides is 7. The number of amides is 2. The fraction of sp³-hybridized carbons (Fsp3) is 0.263. The molecule has 13 heteroatoms. The molecule has 0 bridgehead atoms. The zero-order chi connectivity index (χ0) is 23.7. The maximum absolute atomic E-state index is 13.6. The summed E-state index contributed by atoms with van der Waals surface area (Å²) in [6.45, 7) is 0. The average molecular weight is 481 g/mol. The van der Waals surface area contributed by atoms with Crippen molar-refractivity contribution >= 4 is 40.6 Å². The van der Waals surface area contributed by atoms with Crippen LogP contribution in [-0.2, 0) is 9.59 Å². The lowest BCUT2D eigenvalue weighted by Crippen LogP contribution is -2.49. The Balaban J connectivity index is 1.66. The summed E-state index contributed by atoms with van der Waals surface area (Å²) in [5.74, 6) is -7.47. The van der Waals surface area contributed by atoms with Gasteiger partial charge in [-0.2, -0.15) is 30.7 Å². The van der Waals surface area contributed by atoms with Crippen LogP contribution in [0.3, 0.4) is 0 Å². The molecule has 0 radical (unpaired) electrons. The Labute approximate surface area is 180 Å². The van der Waals surface area contributed by atoms with Gasteiger partial charge in [0.1, 0.15) is 6.04 Å². The van der Waals surface area contributed by atoms with E-state index in [2.05, 4.69) is 16.0 Å². The van der Waals surface area contributed by atoms with Crippen molar-refractivity contribution in [3.05, 3.63) is 48.5 Å². The summed E-state index contributed by atoms with van der Waals surface area (Å²) < 4.78 is 90.3. The highest BCUT2D eigenvalue weighted by atomic mass is 32.2. The zero-order valence-electron chi connectivity index (χ0n) is 15.8. The Kier molecular flexibility index (Phi) is 6.31. The van der Waals surface area contributed by atoms with Gasteiger partial charge < -0.3 is 16.0 Å². The molecule has 2 aromatic carbocycles. The molecule has 0 saturated carbocycles. The lowest BCUT2D eigenvalue weighted by atomic mass is 10.1. The van der Waals surface area contributed by atoms with Crippen LogP contribution in [0.25, 0.3) is 0 Å². The van der Waals surface area contributed by atoms with E-state index >= 15 is 0 Å². The van der Waals surface area contributed by atoms with E-state index in [-0.39, 0.29) is 12.1 Å². The first-order valence-electron chi connectivity index (χ1n) is 8.88. The molecule has 1 atom stereocenters. The maximum atomic E-state index is 13.6. The fourth-order valence-electron chi connectivity index (χ4n) is 2.75. The number of carbonyl (C=O) groups excluding carboxylic acids is 2. The number of hydrogen-bond acceptors (Lipinski definition) is 4. The molecule has 32 heavy (non-hydrogen) atoms. The van der Waals surface area contributed by atoms with E-state index in [1.54, 1.807) is 24.3 Å². The molecule has 1 aliphatic rings. The Morgan fingerprint density at radius 3 is 2.28 bits per heavy atom. The molecule has 0 aliphatic carbocycles. The SMILES string of the molecule is O=C(C[C@@H]1Nc2ccccc2NC1=O)Nc1cccc(SC(F)(F)C(F)(F)C(F)(F)F)c1. The van der Waals surface area contributed by atoms with E-state index in [4.69, 9.17) is 0 Å². The Morgan fingerprint density at radius 1 is 0.969 bits per heavy atom. The summed E-state index contributed by atoms with van der Waals surface area (Å²) in [6, 6.07) is 9.84. The molecule has 2 amide bonds. The van der Waals surface area contributed by atoms with Gasteiger partial charge in [0, 0.05) is 10.6 Å². The highest BCUT2D eigenvalue weighted by Crippen LogP contribution is 2.53. The molecular formula is C19H14F7N3O2S. The van der Waals surface area contributed by atoms with Crippen molar-refractivity contribution in [2.24, 2.45) is 0 Å². The van der Waals surface area contributed by atoms with Gasteiger partial charge in [-0.3, -0.25) is 9.59 Å². The molecule has 3 rings (SSSR count). The lowest BCUT2D eigenvalue weighted by Gasteiger charge is -2.27. The van der Waals surface area contributed by atoms with E-state index in [9.17, 15) is 40.3 Å². The predicted molar refractivity (Wildman–Crippen MR) is 104 cm³/mol. The molecule has 3 N–H and O–H groups in total. The van der Waals surface area contributed by atoms with Crippen molar-refractivity contribution in [1.29, 1.82) is 0 Å². The number of hydrogen-bond donors (Lipinski definition) is 3. The molecule has 5 nitrogen and oxygen atoms in total. The van der Waals surface area contributed by atoms with Gasteiger partial charge in [-0.25, -0.2) is 0 Å². The molecule has 2 aromatic rings. The number of para-hydroxylation sites is 2. The number of nitrogens with one attached hydrogen (secondary N) is 3. The van der Waals surface area contributed by atoms with Crippen LogP contribution < -0.4 is 16.0 Å². The largest absolute Gasteiger partial charge is 0.460 e. The minimum Gasteiger partial charge on any atom is -0.372 e. The summed E-state index contributed by atoms with van der Waals surface area (Å²) in [4.78, 5) is 23.8. The second-order valence-electron chi connectivity index (χ2n) is 6.70. The second-order valence-corrected chi connectivity index (χ2v) is 7.89. The van der Waals surface area contributed by atoms with E-state index in [1.165, 1.54) is 6.07 Å². The number of halogens is 7. The van der Waals surface area contributed by atoms with Gasteiger partial charge in [0.25, 0.3) is 0 Å². The summed E-state index contributed by atoms with van der Waals surface area (Å²) >= 11 is -0.982. The van der Waals surface area contributed by atoms with Gasteiger partial charge in [0.2, 0.25) is 11.8 Å². The molecule has 0 fully saturated rings. The standard InChI is InChI=1S/C19H14F7N3O2S/c20-17(21,18(22,23)24)19(25,26)32-11-5-3-4-10(8-11)27-15(30)9-14-16(31)29-13-7-2-1-6-12(13)28-14/h1-8,14,28H,9H2,(H,27,30)(H,29,31)/t14-/m0/s1. The molecule has 172 valence electrons. The number of anilines is 3. The van der Waals surface area contributed by atoms with E-state index in [0.29, 0.717) is 11.4 Å². The summed E-state index contributed by atoms with van der Waals surface area (Å²) in [5, 5.41) is 2.30. The lowest BCUT2D eigenvalue weighted by molar-refractivity contribution is -0.330. The van der Waals surface area contributed by atoms with Crippen molar-refractivity contribution < 1.29 is 40.3 Å². The highest BCUT2D eigenvalue weighted by Gasteiger charge is 2.73. The Hall–Kier alpha value is -2.96. The Bertz CT molecular complexity index is 1030. The minimum absolute atomic E-state index is 0.122. The van der Waals surface area contributed by atoms with Gasteiger partial charge in [-0.05, 0) is 42.1 Å². The van der Waals surface area contributed by atoms with Crippen LogP contribution in [0.5, 0.6) is 0 Å². The van der Waals surface area contributed by atoms with E-state index in [1.807, 2.05) is 0 Å². The van der Waals surface area contributed by atoms with Gasteiger partial charge in [0.15, 0.2) is 0 Å². The van der Waals surface area contributed by atoms with Crippen LogP contribution in [0, 0.1) is 0 Å². The molecule has 0 unspecified atom stereocenters. The number of carbonyl (C=O) groups is 2. The molecule has 0 saturated heterocycles. The van der Waals surface area contributed by atoms with Crippen LogP contribution in [0.1, 0.15) is 6.42 Å². The quantitative estimate of drug-likeness (QED) is 0.385. The highest BCUT2D eigenvalue weighted by molar-refractivity contribution is 8.00. The van der Waals surface area contributed by atoms with Crippen LogP contribution in [0.4, 0.5) is 47.8 Å². The van der Waals surface area contributed by atoms with E-state index < -0.39 is 51.9 Å². The number of fused-ring (bicyclic) bond motifs is 1. The van der Waals surface area contributed by atoms with Crippen molar-refractivity contribution in [3.8, 4) is 0 Å². The van der Waals surface area contributed by atoms with Gasteiger partial charge in [-0.15, -0.1) is 0 Å². The molecule has 0 spiro atoms. The van der Waals surface area contributed by atoms with Crippen molar-refractivity contribution in [3.63, 3.8) is 0 Å². The zero-order valence-corrected chi connectivity index (χ0v) is 16.6. The Morgan fingerprint density at radius 2 is 1.62 bits per heavy atom. The predicted octanol–water partition coefficient (Wildman–Crippen LogP) is 5.33. The number of rotatable bonds is 6. The van der Waals surface area contributed by atoms with Crippen molar-refractivity contribution in [1.82, 2.24) is 0 Å². The van der Waals surface area contributed by atoms with Gasteiger partial charge in [-0.1, -0.05) is 18.2 Å². The van der Waals surface area contributed by atoms with Crippen LogP contribution in [-0.4, -0.2) is 35.2 Å². The second kappa shape index (κ2) is 8.52. The first-order valence-corrected chi connectivity index (χ1v) is 9.69. The molecule has 0 aromatic heterocycles. The van der Waals surface area contributed by atoms with Crippen LogP contribution >= 0.6 is 11.8 Å². The third kappa shape index (κ3) is 4.92. The first kappa shape index (κ1) is 23.7. The van der Waals surface area contributed by atoms with Crippen LogP contribution in [0.15, 0.2) is 53.4 Å². The molecule has 1 aliphatic heterocycles. The normalized spacial score (nSPS) is 16.6. The van der Waals surface area contributed by atoms with Crippen molar-refractivity contribution in [2.75, 3.05) is 16.0 Å². The topological polar surface area (TPSA) is 70.2 Å². The first-order chi connectivity index (χ1) is 14.8. The summed E-state index contributed by atoms with van der Waals surface area (Å²) in [5.41, 5.74) is 0.981. The van der Waals surface area contributed by atoms with Crippen LogP contribution in [0.2, 0.25) is 0 Å². The minimum atomic E-state index is -6.44. The fourth-order valence-corrected chi connectivity index (χ4v) is 3.62. The monoisotopic (exact) mass is 481 g/mol. The third-order valence-electron chi connectivity index (χ3n) is 4.31. The molecule has 1 heterocycles. The average Bonchev–Trinajstić information content (AvgIpc) is 2.67.